The quantitative estimate of drug-likeness (QED) is 0.857. The molecule has 106 valence electrons. The molecule has 19 heavy (non-hydrogen) atoms. The topological polar surface area (TPSA) is 65.7 Å². The summed E-state index contributed by atoms with van der Waals surface area (Å²) >= 11 is 0. The molecule has 5 nitrogen and oxygen atoms in total. The van der Waals surface area contributed by atoms with Crippen molar-refractivity contribution < 1.29 is 14.3 Å². The van der Waals surface area contributed by atoms with E-state index in [4.69, 9.17) is 4.42 Å². The van der Waals surface area contributed by atoms with Crippen LogP contribution in [0.5, 0.6) is 0 Å². The lowest BCUT2D eigenvalue weighted by Gasteiger charge is -2.40. The fourth-order valence-corrected chi connectivity index (χ4v) is 2.62. The third-order valence-electron chi connectivity index (χ3n) is 3.80. The zero-order valence-electron chi connectivity index (χ0n) is 11.6. The van der Waals surface area contributed by atoms with Crippen LogP contribution in [0.25, 0.3) is 0 Å². The van der Waals surface area contributed by atoms with E-state index < -0.39 is 0 Å². The summed E-state index contributed by atoms with van der Waals surface area (Å²) in [6.07, 6.45) is 2.96. The number of carbonyl (C=O) groups is 1. The van der Waals surface area contributed by atoms with Gasteiger partial charge in [-0.05, 0) is 38.8 Å². The first-order valence-corrected chi connectivity index (χ1v) is 6.72. The Morgan fingerprint density at radius 1 is 1.58 bits per heavy atom. The van der Waals surface area contributed by atoms with E-state index in [1.54, 1.807) is 6.26 Å². The van der Waals surface area contributed by atoms with Gasteiger partial charge in [-0.3, -0.25) is 9.69 Å². The molecule has 5 heteroatoms. The summed E-state index contributed by atoms with van der Waals surface area (Å²) in [5, 5.41) is 12.1. The fraction of sp³-hybridized carbons (Fsp3) is 0.643. The number of nitrogens with zero attached hydrogens (tertiary/aromatic N) is 1. The smallest absolute Gasteiger partial charge is 0.237 e. The molecule has 0 aliphatic carbocycles. The van der Waals surface area contributed by atoms with Crippen molar-refractivity contribution in [2.45, 2.75) is 44.8 Å². The van der Waals surface area contributed by atoms with Crippen molar-refractivity contribution in [2.75, 3.05) is 13.2 Å². The lowest BCUT2D eigenvalue weighted by Crippen LogP contribution is -2.52. The van der Waals surface area contributed by atoms with E-state index in [2.05, 4.69) is 24.1 Å². The standard InChI is InChI=1S/C14H22N2O3/c1-14(2)6-7-15-13(18)12(5-8-17)16(14)10-11-4-3-9-19-11/h3-4,9,12,17H,5-8,10H2,1-2H3,(H,15,18). The molecular formula is C14H22N2O3. The lowest BCUT2D eigenvalue weighted by atomic mass is 9.95. The molecular weight excluding hydrogens is 244 g/mol. The summed E-state index contributed by atoms with van der Waals surface area (Å²) in [5.74, 6) is 0.830. The Bertz CT molecular complexity index is 414. The van der Waals surface area contributed by atoms with Gasteiger partial charge >= 0.3 is 0 Å². The average Bonchev–Trinajstić information content (AvgIpc) is 2.82. The minimum absolute atomic E-state index is 0.00280. The van der Waals surface area contributed by atoms with E-state index in [9.17, 15) is 9.90 Å². The molecule has 0 aromatic carbocycles. The number of nitrogens with one attached hydrogen (secondary N) is 1. The number of amides is 1. The minimum atomic E-state index is -0.312. The zero-order valence-corrected chi connectivity index (χ0v) is 11.6. The minimum Gasteiger partial charge on any atom is -0.468 e. The van der Waals surface area contributed by atoms with Crippen molar-refractivity contribution in [1.82, 2.24) is 10.2 Å². The van der Waals surface area contributed by atoms with E-state index in [0.717, 1.165) is 12.2 Å². The highest BCUT2D eigenvalue weighted by molar-refractivity contribution is 5.82. The van der Waals surface area contributed by atoms with Gasteiger partial charge in [0, 0.05) is 18.7 Å². The second-order valence-electron chi connectivity index (χ2n) is 5.59. The Kier molecular flexibility index (Phi) is 4.27. The zero-order chi connectivity index (χ0) is 13.9. The van der Waals surface area contributed by atoms with E-state index in [1.807, 2.05) is 12.1 Å². The van der Waals surface area contributed by atoms with Crippen molar-refractivity contribution in [3.63, 3.8) is 0 Å². The molecule has 0 saturated carbocycles. The molecule has 2 N–H and O–H groups in total. The van der Waals surface area contributed by atoms with Gasteiger partial charge in [-0.25, -0.2) is 0 Å². The van der Waals surface area contributed by atoms with E-state index in [1.165, 1.54) is 0 Å². The number of hydrogen-bond acceptors (Lipinski definition) is 4. The van der Waals surface area contributed by atoms with Gasteiger partial charge in [0.25, 0.3) is 0 Å². The average molecular weight is 266 g/mol. The Labute approximate surface area is 113 Å². The lowest BCUT2D eigenvalue weighted by molar-refractivity contribution is -0.128. The first-order chi connectivity index (χ1) is 9.04. The van der Waals surface area contributed by atoms with Crippen LogP contribution in [0.15, 0.2) is 22.8 Å². The van der Waals surface area contributed by atoms with Gasteiger partial charge in [0.1, 0.15) is 5.76 Å². The Morgan fingerprint density at radius 3 is 3.00 bits per heavy atom. The van der Waals surface area contributed by atoms with Crippen LogP contribution in [0, 0.1) is 0 Å². The summed E-state index contributed by atoms with van der Waals surface area (Å²) < 4.78 is 5.40. The maximum Gasteiger partial charge on any atom is 0.237 e. The maximum atomic E-state index is 12.1. The molecule has 1 saturated heterocycles. The number of aliphatic hydroxyl groups excluding tert-OH is 1. The molecule has 1 amide bonds. The second kappa shape index (κ2) is 5.75. The molecule has 1 unspecified atom stereocenters. The number of aliphatic hydroxyl groups is 1. The van der Waals surface area contributed by atoms with Crippen LogP contribution in [0.3, 0.4) is 0 Å². The van der Waals surface area contributed by atoms with Crippen molar-refractivity contribution in [3.05, 3.63) is 24.2 Å². The molecule has 1 atom stereocenters. The van der Waals surface area contributed by atoms with Gasteiger partial charge in [-0.1, -0.05) is 0 Å². The highest BCUT2D eigenvalue weighted by atomic mass is 16.3. The SMILES string of the molecule is CC1(C)CCNC(=O)C(CCO)N1Cc1ccco1. The van der Waals surface area contributed by atoms with Crippen molar-refractivity contribution in [3.8, 4) is 0 Å². The highest BCUT2D eigenvalue weighted by Crippen LogP contribution is 2.27. The van der Waals surface area contributed by atoms with Gasteiger partial charge in [-0.2, -0.15) is 0 Å². The van der Waals surface area contributed by atoms with Gasteiger partial charge in [0.05, 0.1) is 18.8 Å². The molecule has 0 radical (unpaired) electrons. The van der Waals surface area contributed by atoms with Crippen LogP contribution >= 0.6 is 0 Å². The Balaban J connectivity index is 2.25. The third kappa shape index (κ3) is 3.16. The van der Waals surface area contributed by atoms with Crippen LogP contribution in [0.1, 0.15) is 32.4 Å². The number of carbonyl (C=O) groups excluding carboxylic acids is 1. The highest BCUT2D eigenvalue weighted by Gasteiger charge is 2.38. The summed E-state index contributed by atoms with van der Waals surface area (Å²) in [7, 11) is 0. The summed E-state index contributed by atoms with van der Waals surface area (Å²) in [6, 6.07) is 3.45. The van der Waals surface area contributed by atoms with Gasteiger partial charge < -0.3 is 14.8 Å². The number of furan rings is 1. The molecule has 1 aromatic rings. The van der Waals surface area contributed by atoms with E-state index >= 15 is 0 Å². The van der Waals surface area contributed by atoms with Crippen molar-refractivity contribution >= 4 is 5.91 Å². The molecule has 1 aliphatic rings. The molecule has 0 bridgehead atoms. The third-order valence-corrected chi connectivity index (χ3v) is 3.80. The Morgan fingerprint density at radius 2 is 2.37 bits per heavy atom. The molecule has 2 heterocycles. The van der Waals surface area contributed by atoms with Crippen molar-refractivity contribution in [1.29, 1.82) is 0 Å². The maximum absolute atomic E-state index is 12.1. The van der Waals surface area contributed by atoms with E-state index in [0.29, 0.717) is 19.5 Å². The Hall–Kier alpha value is -1.33. The summed E-state index contributed by atoms with van der Waals surface area (Å²) in [5.41, 5.74) is -0.119. The molecule has 1 aliphatic heterocycles. The molecule has 1 aromatic heterocycles. The fourth-order valence-electron chi connectivity index (χ4n) is 2.62. The summed E-state index contributed by atoms with van der Waals surface area (Å²) in [6.45, 7) is 5.50. The number of rotatable bonds is 4. The molecule has 0 spiro atoms. The van der Waals surface area contributed by atoms with Gasteiger partial charge in [-0.15, -0.1) is 0 Å². The monoisotopic (exact) mass is 266 g/mol. The van der Waals surface area contributed by atoms with Crippen LogP contribution in [0.2, 0.25) is 0 Å². The first-order valence-electron chi connectivity index (χ1n) is 6.72. The van der Waals surface area contributed by atoms with Gasteiger partial charge in [0.15, 0.2) is 0 Å². The van der Waals surface area contributed by atoms with Crippen LogP contribution in [0.4, 0.5) is 0 Å². The first kappa shape index (κ1) is 14.1. The largest absolute Gasteiger partial charge is 0.468 e. The molecule has 2 rings (SSSR count). The van der Waals surface area contributed by atoms with Crippen molar-refractivity contribution in [2.24, 2.45) is 0 Å². The van der Waals surface area contributed by atoms with Gasteiger partial charge in [0.2, 0.25) is 5.91 Å². The van der Waals surface area contributed by atoms with Crippen LogP contribution in [-0.4, -0.2) is 40.6 Å². The van der Waals surface area contributed by atoms with E-state index in [-0.39, 0.29) is 24.1 Å². The predicted molar refractivity (Wildman–Crippen MR) is 71.4 cm³/mol. The van der Waals surface area contributed by atoms with Crippen LogP contribution < -0.4 is 5.32 Å². The number of hydrogen-bond donors (Lipinski definition) is 2. The summed E-state index contributed by atoms with van der Waals surface area (Å²) in [4.78, 5) is 14.3. The van der Waals surface area contributed by atoms with Crippen LogP contribution in [-0.2, 0) is 11.3 Å². The second-order valence-corrected chi connectivity index (χ2v) is 5.59. The normalized spacial score (nSPS) is 23.9. The molecule has 1 fully saturated rings. The predicted octanol–water partition coefficient (Wildman–Crippen LogP) is 1.13.